The average molecular weight is 276 g/mol. The maximum Gasteiger partial charge on any atom is 0.195 e. The van der Waals surface area contributed by atoms with Crippen LogP contribution < -0.4 is 0 Å². The molecule has 18 heavy (non-hydrogen) atoms. The Morgan fingerprint density at radius 3 is 2.89 bits per heavy atom. The van der Waals surface area contributed by atoms with Gasteiger partial charge in [0.25, 0.3) is 0 Å². The summed E-state index contributed by atoms with van der Waals surface area (Å²) >= 11 is 3.26. The van der Waals surface area contributed by atoms with Crippen LogP contribution in [0.3, 0.4) is 0 Å². The van der Waals surface area contributed by atoms with E-state index >= 15 is 0 Å². The van der Waals surface area contributed by atoms with Gasteiger partial charge in [0.05, 0.1) is 12.3 Å². The van der Waals surface area contributed by atoms with Gasteiger partial charge in [-0.3, -0.25) is 4.40 Å². The number of imidazole rings is 1. The van der Waals surface area contributed by atoms with Crippen molar-refractivity contribution in [3.63, 3.8) is 0 Å². The SMILES string of the molecule is OCc1c(SCc2ccccc2)nc2sccn12. The molecule has 92 valence electrons. The predicted octanol–water partition coefficient (Wildman–Crippen LogP) is 3.18. The smallest absolute Gasteiger partial charge is 0.195 e. The van der Waals surface area contributed by atoms with E-state index in [1.165, 1.54) is 5.56 Å². The molecular formula is C13H12N2OS2. The van der Waals surface area contributed by atoms with Crippen molar-refractivity contribution >= 4 is 28.1 Å². The Labute approximate surface area is 113 Å². The molecule has 1 aromatic carbocycles. The summed E-state index contributed by atoms with van der Waals surface area (Å²) in [6.07, 6.45) is 1.95. The largest absolute Gasteiger partial charge is 0.390 e. The van der Waals surface area contributed by atoms with Gasteiger partial charge in [-0.25, -0.2) is 4.98 Å². The maximum atomic E-state index is 9.45. The number of rotatable bonds is 4. The van der Waals surface area contributed by atoms with Crippen LogP contribution >= 0.6 is 23.1 Å². The number of aromatic nitrogens is 2. The molecule has 0 saturated heterocycles. The number of nitrogens with zero attached hydrogens (tertiary/aromatic N) is 2. The molecule has 1 N–H and O–H groups in total. The quantitative estimate of drug-likeness (QED) is 0.744. The third kappa shape index (κ3) is 2.16. The predicted molar refractivity (Wildman–Crippen MR) is 75.0 cm³/mol. The third-order valence-corrected chi connectivity index (χ3v) is 4.53. The molecule has 5 heteroatoms. The summed E-state index contributed by atoms with van der Waals surface area (Å²) in [5, 5.41) is 12.4. The second-order valence-corrected chi connectivity index (χ2v) is 5.69. The topological polar surface area (TPSA) is 37.5 Å². The maximum absolute atomic E-state index is 9.45. The monoisotopic (exact) mass is 276 g/mol. The fourth-order valence-electron chi connectivity index (χ4n) is 1.80. The van der Waals surface area contributed by atoms with Gasteiger partial charge < -0.3 is 5.11 Å². The van der Waals surface area contributed by atoms with Crippen molar-refractivity contribution in [1.82, 2.24) is 9.38 Å². The molecule has 0 saturated carbocycles. The molecule has 0 fully saturated rings. The van der Waals surface area contributed by atoms with Crippen LogP contribution in [0.4, 0.5) is 0 Å². The van der Waals surface area contributed by atoms with E-state index in [1.54, 1.807) is 23.1 Å². The van der Waals surface area contributed by atoms with E-state index in [2.05, 4.69) is 17.1 Å². The zero-order valence-corrected chi connectivity index (χ0v) is 11.2. The summed E-state index contributed by atoms with van der Waals surface area (Å²) in [6, 6.07) is 10.3. The number of aliphatic hydroxyl groups excluding tert-OH is 1. The van der Waals surface area contributed by atoms with Crippen LogP contribution in [0.2, 0.25) is 0 Å². The molecule has 2 aromatic heterocycles. The Morgan fingerprint density at radius 1 is 1.28 bits per heavy atom. The van der Waals surface area contributed by atoms with Crippen molar-refractivity contribution in [2.45, 2.75) is 17.4 Å². The van der Waals surface area contributed by atoms with Crippen molar-refractivity contribution in [3.8, 4) is 0 Å². The van der Waals surface area contributed by atoms with Crippen LogP contribution in [0.1, 0.15) is 11.3 Å². The van der Waals surface area contributed by atoms with Gasteiger partial charge in [0.1, 0.15) is 5.03 Å². The molecular weight excluding hydrogens is 264 g/mol. The van der Waals surface area contributed by atoms with Crippen LogP contribution in [0.5, 0.6) is 0 Å². The van der Waals surface area contributed by atoms with Crippen LogP contribution in [-0.2, 0) is 12.4 Å². The fourth-order valence-corrected chi connectivity index (χ4v) is 3.57. The lowest BCUT2D eigenvalue weighted by atomic mass is 10.2. The van der Waals surface area contributed by atoms with E-state index in [0.717, 1.165) is 21.4 Å². The van der Waals surface area contributed by atoms with Crippen molar-refractivity contribution in [2.24, 2.45) is 0 Å². The lowest BCUT2D eigenvalue weighted by Crippen LogP contribution is -1.91. The van der Waals surface area contributed by atoms with Crippen molar-refractivity contribution in [3.05, 3.63) is 53.2 Å². The van der Waals surface area contributed by atoms with Gasteiger partial charge in [0, 0.05) is 17.3 Å². The zero-order valence-electron chi connectivity index (χ0n) is 9.61. The Bertz CT molecular complexity index is 645. The number of hydrogen-bond donors (Lipinski definition) is 1. The van der Waals surface area contributed by atoms with Crippen LogP contribution in [0, 0.1) is 0 Å². The first-order valence-electron chi connectivity index (χ1n) is 5.60. The van der Waals surface area contributed by atoms with E-state index in [0.29, 0.717) is 0 Å². The second-order valence-electron chi connectivity index (χ2n) is 3.85. The summed E-state index contributed by atoms with van der Waals surface area (Å²) < 4.78 is 1.96. The number of hydrogen-bond acceptors (Lipinski definition) is 4. The fraction of sp³-hybridized carbons (Fsp3) is 0.154. The molecule has 0 aliphatic rings. The van der Waals surface area contributed by atoms with Gasteiger partial charge in [-0.15, -0.1) is 11.3 Å². The highest BCUT2D eigenvalue weighted by atomic mass is 32.2. The minimum absolute atomic E-state index is 0.0228. The first-order valence-corrected chi connectivity index (χ1v) is 7.47. The summed E-state index contributed by atoms with van der Waals surface area (Å²) in [4.78, 5) is 5.48. The summed E-state index contributed by atoms with van der Waals surface area (Å²) in [6.45, 7) is 0.0228. The summed E-state index contributed by atoms with van der Waals surface area (Å²) in [5.74, 6) is 0.874. The van der Waals surface area contributed by atoms with Gasteiger partial charge in [0.15, 0.2) is 4.96 Å². The number of aliphatic hydroxyl groups is 1. The van der Waals surface area contributed by atoms with Gasteiger partial charge in [0.2, 0.25) is 0 Å². The lowest BCUT2D eigenvalue weighted by Gasteiger charge is -2.01. The minimum Gasteiger partial charge on any atom is -0.390 e. The van der Waals surface area contributed by atoms with Crippen molar-refractivity contribution < 1.29 is 5.11 Å². The van der Waals surface area contributed by atoms with Crippen LogP contribution in [0.25, 0.3) is 4.96 Å². The number of benzene rings is 1. The summed E-state index contributed by atoms with van der Waals surface area (Å²) in [7, 11) is 0. The van der Waals surface area contributed by atoms with Crippen molar-refractivity contribution in [1.29, 1.82) is 0 Å². The van der Waals surface area contributed by atoms with Gasteiger partial charge in [-0.2, -0.15) is 0 Å². The number of thioether (sulfide) groups is 1. The molecule has 3 nitrogen and oxygen atoms in total. The Kier molecular flexibility index (Phi) is 3.36. The van der Waals surface area contributed by atoms with E-state index in [-0.39, 0.29) is 6.61 Å². The molecule has 3 rings (SSSR count). The lowest BCUT2D eigenvalue weighted by molar-refractivity contribution is 0.272. The average Bonchev–Trinajstić information content (AvgIpc) is 2.97. The highest BCUT2D eigenvalue weighted by Gasteiger charge is 2.12. The van der Waals surface area contributed by atoms with Crippen LogP contribution in [-0.4, -0.2) is 14.5 Å². The number of fused-ring (bicyclic) bond motifs is 1. The van der Waals surface area contributed by atoms with Gasteiger partial charge >= 0.3 is 0 Å². The summed E-state index contributed by atoms with van der Waals surface area (Å²) in [5.41, 5.74) is 2.15. The van der Waals surface area contributed by atoms with Crippen molar-refractivity contribution in [2.75, 3.05) is 0 Å². The van der Waals surface area contributed by atoms with Gasteiger partial charge in [-0.1, -0.05) is 42.1 Å². The Balaban J connectivity index is 1.84. The molecule has 0 bridgehead atoms. The van der Waals surface area contributed by atoms with Gasteiger partial charge in [-0.05, 0) is 5.56 Å². The second kappa shape index (κ2) is 5.14. The normalized spacial score (nSPS) is 11.2. The Morgan fingerprint density at radius 2 is 2.11 bits per heavy atom. The molecule has 2 heterocycles. The Hall–Kier alpha value is -1.30. The van der Waals surface area contributed by atoms with E-state index in [1.807, 2.05) is 34.2 Å². The molecule has 3 aromatic rings. The molecule has 0 atom stereocenters. The molecule has 0 amide bonds. The molecule has 0 spiro atoms. The van der Waals surface area contributed by atoms with E-state index in [9.17, 15) is 5.11 Å². The van der Waals surface area contributed by atoms with E-state index < -0.39 is 0 Å². The minimum atomic E-state index is 0.0228. The first kappa shape index (κ1) is 11.8. The molecule has 0 radical (unpaired) electrons. The molecule has 0 unspecified atom stereocenters. The molecule has 0 aliphatic carbocycles. The molecule has 0 aliphatic heterocycles. The highest BCUT2D eigenvalue weighted by molar-refractivity contribution is 7.98. The van der Waals surface area contributed by atoms with E-state index in [4.69, 9.17) is 0 Å². The van der Waals surface area contributed by atoms with Crippen LogP contribution in [0.15, 0.2) is 46.9 Å². The zero-order chi connectivity index (χ0) is 12.4. The number of thiazole rings is 1. The third-order valence-electron chi connectivity index (χ3n) is 2.69. The standard InChI is InChI=1S/C13H12N2OS2/c16-8-11-12(14-13-15(11)6-7-17-13)18-9-10-4-2-1-3-5-10/h1-7,16H,8-9H2. The highest BCUT2D eigenvalue weighted by Crippen LogP contribution is 2.28. The first-order chi connectivity index (χ1) is 8.88.